The molecule has 0 amide bonds. The first-order valence-corrected chi connectivity index (χ1v) is 6.76. The minimum Gasteiger partial charge on any atom is -0.309 e. The van der Waals surface area contributed by atoms with Crippen molar-refractivity contribution in [3.05, 3.63) is 68.7 Å². The summed E-state index contributed by atoms with van der Waals surface area (Å²) in [5.41, 5.74) is 1.39. The van der Waals surface area contributed by atoms with E-state index in [4.69, 9.17) is 11.6 Å². The minimum absolute atomic E-state index is 0.307. The van der Waals surface area contributed by atoms with E-state index in [0.29, 0.717) is 10.6 Å². The lowest BCUT2D eigenvalue weighted by Gasteiger charge is -2.18. The van der Waals surface area contributed by atoms with Crippen LogP contribution < -0.4 is 5.32 Å². The fourth-order valence-corrected chi connectivity index (χ4v) is 2.47. The third-order valence-electron chi connectivity index (χ3n) is 2.78. The number of hydrogen-bond acceptors (Lipinski definition) is 1. The Morgan fingerprint density at radius 2 is 1.68 bits per heavy atom. The van der Waals surface area contributed by atoms with Crippen LogP contribution in [0.3, 0.4) is 0 Å². The molecule has 0 spiro atoms. The highest BCUT2D eigenvalue weighted by molar-refractivity contribution is 9.10. The predicted octanol–water partition coefficient (Wildman–Crippen LogP) is 4.69. The second-order valence-corrected chi connectivity index (χ2v) is 5.36. The van der Waals surface area contributed by atoms with E-state index in [1.807, 2.05) is 12.1 Å². The maximum Gasteiger partial charge on any atom is 0.126 e. The summed E-state index contributed by atoms with van der Waals surface area (Å²) in [6.45, 7) is 0. The molecule has 0 radical (unpaired) electrons. The molecule has 5 heteroatoms. The normalized spacial score (nSPS) is 12.5. The Bertz CT molecular complexity index is 584. The maximum atomic E-state index is 13.3. The summed E-state index contributed by atoms with van der Waals surface area (Å²) in [5, 5.41) is 3.63. The summed E-state index contributed by atoms with van der Waals surface area (Å²) in [4.78, 5) is 0. The number of halogens is 4. The van der Waals surface area contributed by atoms with Gasteiger partial charge in [-0.3, -0.25) is 0 Å². The van der Waals surface area contributed by atoms with Crippen LogP contribution in [0.2, 0.25) is 5.02 Å². The third kappa shape index (κ3) is 3.32. The van der Waals surface area contributed by atoms with Gasteiger partial charge >= 0.3 is 0 Å². The lowest BCUT2D eigenvalue weighted by Crippen LogP contribution is -2.18. The van der Waals surface area contributed by atoms with Crippen molar-refractivity contribution < 1.29 is 8.78 Å². The van der Waals surface area contributed by atoms with E-state index < -0.39 is 11.6 Å². The van der Waals surface area contributed by atoms with Crippen molar-refractivity contribution >= 4 is 27.5 Å². The zero-order chi connectivity index (χ0) is 14.0. The first kappa shape index (κ1) is 14.4. The van der Waals surface area contributed by atoms with Crippen molar-refractivity contribution in [2.75, 3.05) is 7.05 Å². The van der Waals surface area contributed by atoms with Gasteiger partial charge < -0.3 is 5.32 Å². The molecular formula is C14H11BrClF2N. The third-order valence-corrected chi connectivity index (χ3v) is 4.00. The minimum atomic E-state index is -0.594. The van der Waals surface area contributed by atoms with Gasteiger partial charge in [-0.25, -0.2) is 8.78 Å². The summed E-state index contributed by atoms with van der Waals surface area (Å²) in [7, 11) is 1.73. The molecule has 0 bridgehead atoms. The molecule has 2 rings (SSSR count). The highest BCUT2D eigenvalue weighted by Gasteiger charge is 2.15. The van der Waals surface area contributed by atoms with Crippen molar-refractivity contribution in [3.63, 3.8) is 0 Å². The summed E-state index contributed by atoms with van der Waals surface area (Å²) < 4.78 is 27.3. The molecule has 2 aromatic carbocycles. The van der Waals surface area contributed by atoms with Crippen LogP contribution in [0, 0.1) is 11.6 Å². The standard InChI is InChI=1S/C14H11BrClF2N/c1-19-14(8-2-3-13(16)12(15)6-8)9-4-10(17)7-11(18)5-9/h2-7,14,19H,1H3. The number of rotatable bonds is 3. The van der Waals surface area contributed by atoms with Crippen molar-refractivity contribution in [1.29, 1.82) is 0 Å². The van der Waals surface area contributed by atoms with Crippen LogP contribution in [0.25, 0.3) is 0 Å². The number of hydrogen-bond donors (Lipinski definition) is 1. The van der Waals surface area contributed by atoms with Gasteiger partial charge in [-0.05, 0) is 58.4 Å². The largest absolute Gasteiger partial charge is 0.309 e. The Morgan fingerprint density at radius 3 is 2.21 bits per heavy atom. The topological polar surface area (TPSA) is 12.0 Å². The molecule has 0 aromatic heterocycles. The Kier molecular flexibility index (Phi) is 4.55. The SMILES string of the molecule is CNC(c1cc(F)cc(F)c1)c1ccc(Cl)c(Br)c1. The highest BCUT2D eigenvalue weighted by atomic mass is 79.9. The molecular weight excluding hydrogens is 336 g/mol. The molecule has 0 aliphatic carbocycles. The summed E-state index contributed by atoms with van der Waals surface area (Å²) in [5.74, 6) is -1.19. The quantitative estimate of drug-likeness (QED) is 0.850. The first-order valence-electron chi connectivity index (χ1n) is 5.59. The summed E-state index contributed by atoms with van der Waals surface area (Å²) >= 11 is 9.27. The van der Waals surface area contributed by atoms with Crippen molar-refractivity contribution in [1.82, 2.24) is 5.32 Å². The fourth-order valence-electron chi connectivity index (χ4n) is 1.96. The van der Waals surface area contributed by atoms with E-state index in [9.17, 15) is 8.78 Å². The van der Waals surface area contributed by atoms with Crippen LogP contribution in [0.4, 0.5) is 8.78 Å². The summed E-state index contributed by atoms with van der Waals surface area (Å²) in [6, 6.07) is 8.55. The van der Waals surface area contributed by atoms with Gasteiger partial charge in [-0.1, -0.05) is 17.7 Å². The molecule has 0 fully saturated rings. The average Bonchev–Trinajstić information content (AvgIpc) is 2.33. The van der Waals surface area contributed by atoms with E-state index in [-0.39, 0.29) is 6.04 Å². The molecule has 1 unspecified atom stereocenters. The van der Waals surface area contributed by atoms with Crippen molar-refractivity contribution in [2.45, 2.75) is 6.04 Å². The maximum absolute atomic E-state index is 13.3. The molecule has 1 atom stereocenters. The predicted molar refractivity (Wildman–Crippen MR) is 76.4 cm³/mol. The van der Waals surface area contributed by atoms with Gasteiger partial charge in [0, 0.05) is 10.5 Å². The number of benzene rings is 2. The summed E-state index contributed by atoms with van der Waals surface area (Å²) in [6.07, 6.45) is 0. The van der Waals surface area contributed by atoms with Gasteiger partial charge in [0.2, 0.25) is 0 Å². The molecule has 0 saturated carbocycles. The van der Waals surface area contributed by atoms with E-state index in [1.165, 1.54) is 12.1 Å². The molecule has 1 N–H and O–H groups in total. The first-order chi connectivity index (χ1) is 9.01. The lowest BCUT2D eigenvalue weighted by molar-refractivity contribution is 0.571. The van der Waals surface area contributed by atoms with E-state index in [2.05, 4.69) is 21.2 Å². The highest BCUT2D eigenvalue weighted by Crippen LogP contribution is 2.29. The molecule has 100 valence electrons. The zero-order valence-corrected chi connectivity index (χ0v) is 12.4. The molecule has 0 aliphatic heterocycles. The molecule has 0 heterocycles. The molecule has 0 saturated heterocycles. The van der Waals surface area contributed by atoms with Gasteiger partial charge in [0.1, 0.15) is 11.6 Å². The van der Waals surface area contributed by atoms with Crippen LogP contribution in [0.5, 0.6) is 0 Å². The van der Waals surface area contributed by atoms with E-state index in [0.717, 1.165) is 16.1 Å². The monoisotopic (exact) mass is 345 g/mol. The Labute approximate surface area is 123 Å². The van der Waals surface area contributed by atoms with Crippen LogP contribution in [0.1, 0.15) is 17.2 Å². The van der Waals surface area contributed by atoms with E-state index in [1.54, 1.807) is 13.1 Å². The van der Waals surface area contributed by atoms with Crippen LogP contribution in [0.15, 0.2) is 40.9 Å². The average molecular weight is 347 g/mol. The van der Waals surface area contributed by atoms with Crippen LogP contribution in [-0.2, 0) is 0 Å². The smallest absolute Gasteiger partial charge is 0.126 e. The fraction of sp³-hybridized carbons (Fsp3) is 0.143. The van der Waals surface area contributed by atoms with Crippen LogP contribution in [-0.4, -0.2) is 7.05 Å². The zero-order valence-electron chi connectivity index (χ0n) is 10.1. The van der Waals surface area contributed by atoms with Gasteiger partial charge in [0.15, 0.2) is 0 Å². The lowest BCUT2D eigenvalue weighted by atomic mass is 9.99. The Hall–Kier alpha value is -0.970. The van der Waals surface area contributed by atoms with Gasteiger partial charge in [0.25, 0.3) is 0 Å². The van der Waals surface area contributed by atoms with Gasteiger partial charge in [0.05, 0.1) is 11.1 Å². The number of nitrogens with one attached hydrogen (secondary N) is 1. The Morgan fingerprint density at radius 1 is 1.05 bits per heavy atom. The van der Waals surface area contributed by atoms with Gasteiger partial charge in [-0.2, -0.15) is 0 Å². The Balaban J connectivity index is 2.46. The second kappa shape index (κ2) is 5.99. The second-order valence-electron chi connectivity index (χ2n) is 4.10. The molecule has 2 aromatic rings. The van der Waals surface area contributed by atoms with Crippen LogP contribution >= 0.6 is 27.5 Å². The molecule has 1 nitrogen and oxygen atoms in total. The van der Waals surface area contributed by atoms with Crippen molar-refractivity contribution in [2.24, 2.45) is 0 Å². The molecule has 19 heavy (non-hydrogen) atoms. The van der Waals surface area contributed by atoms with E-state index >= 15 is 0 Å². The van der Waals surface area contributed by atoms with Gasteiger partial charge in [-0.15, -0.1) is 0 Å². The van der Waals surface area contributed by atoms with Crippen molar-refractivity contribution in [3.8, 4) is 0 Å². The molecule has 0 aliphatic rings.